The Kier molecular flexibility index (Phi) is 3.80. The Bertz CT molecular complexity index is 1180. The minimum absolute atomic E-state index is 0. The number of hydrogen-bond donors (Lipinski definition) is 2. The molecule has 5 rings (SSSR count). The van der Waals surface area contributed by atoms with Crippen molar-refractivity contribution in [3.63, 3.8) is 0 Å². The molecule has 0 spiro atoms. The number of aromatic nitrogens is 5. The molecule has 0 fully saturated rings. The lowest BCUT2D eigenvalue weighted by Crippen LogP contribution is -2.08. The third kappa shape index (κ3) is 2.28. The van der Waals surface area contributed by atoms with Crippen molar-refractivity contribution in [2.75, 3.05) is 0 Å². The van der Waals surface area contributed by atoms with E-state index in [0.29, 0.717) is 0 Å². The van der Waals surface area contributed by atoms with Gasteiger partial charge in [0.05, 0.1) is 29.1 Å². The molecule has 3 aromatic heterocycles. The Balaban J connectivity index is -0.00000000129. The van der Waals surface area contributed by atoms with E-state index in [0.717, 1.165) is 40.8 Å². The van der Waals surface area contributed by atoms with Gasteiger partial charge in [0.2, 0.25) is 0 Å². The van der Waals surface area contributed by atoms with E-state index in [-0.39, 0.29) is 128 Å². The van der Waals surface area contributed by atoms with Crippen LogP contribution in [0.2, 0.25) is 0 Å². The van der Waals surface area contributed by atoms with Crippen LogP contribution in [0.1, 0.15) is 149 Å². The maximum absolute atomic E-state index is 5.08. The van der Waals surface area contributed by atoms with Crippen molar-refractivity contribution in [1.29, 1.82) is 0 Å². The van der Waals surface area contributed by atoms with Crippen LogP contribution in [0.3, 0.4) is 0 Å². The maximum Gasteiger partial charge on any atom is 0.0778 e. The molecule has 25 heavy (non-hydrogen) atoms. The number of pyridine rings is 1. The second-order valence-corrected chi connectivity index (χ2v) is 6.78. The van der Waals surface area contributed by atoms with Gasteiger partial charge in [0.15, 0.2) is 0 Å². The van der Waals surface area contributed by atoms with Gasteiger partial charge >= 0.3 is 0 Å². The van der Waals surface area contributed by atoms with Crippen LogP contribution < -0.4 is 0 Å². The molecule has 0 bridgehead atoms. The first-order chi connectivity index (χ1) is 11.7. The number of hydrogen-bond acceptors (Lipinski definition) is 3. The second-order valence-electron chi connectivity index (χ2n) is 6.78. The molecule has 1 aliphatic carbocycles. The fourth-order valence-electron chi connectivity index (χ4n) is 4.11. The molecule has 0 radical (unpaired) electrons. The van der Waals surface area contributed by atoms with Crippen molar-refractivity contribution in [3.05, 3.63) is 40.8 Å². The van der Waals surface area contributed by atoms with Crippen LogP contribution in [-0.4, -0.2) is 25.4 Å². The lowest BCUT2D eigenvalue weighted by atomic mass is 9.85. The monoisotopic (exact) mass is 512 g/mol. The number of H-pyrrole nitrogens is 2. The van der Waals surface area contributed by atoms with E-state index < -0.39 is 0 Å². The lowest BCUT2D eigenvalue weighted by Gasteiger charge is -2.21. The summed E-state index contributed by atoms with van der Waals surface area (Å²) in [5, 5.41) is 17.2. The molecule has 0 saturated heterocycles. The van der Waals surface area contributed by atoms with E-state index in [4.69, 9.17) is 4.98 Å². The predicted molar refractivity (Wildman–Crippen MR) is 275 cm³/mol. The lowest BCUT2D eigenvalue weighted by molar-refractivity contribution is 0.689. The highest BCUT2D eigenvalue weighted by molar-refractivity contribution is 7.59. The zero-order chi connectivity index (χ0) is 16.3. The third-order valence-electron chi connectivity index (χ3n) is 5.29. The summed E-state index contributed by atoms with van der Waals surface area (Å²) in [5.41, 5.74) is 9.54. The minimum atomic E-state index is 0. The largest absolute Gasteiger partial charge is 0.282 e. The summed E-state index contributed by atoms with van der Waals surface area (Å²) < 4.78 is 0. The molecule has 0 amide bonds. The SMILES string of the molecule is Cc1[nH]ncc1-c1nc2cc(C)c3[nH]ncc3c2c2c1CCCC2.S.[HH].[HH].[HH].[HH].[HH].[HH].[HH].[HH].[HH].[HH].[HH].[HH].[HH].[HH].[HH].[HH].[HH].[HH].[HH].[HH].[HH].[HH].[HH].[HH].[HH].[HH].[HH].[HH].[HH].[HH].[HH].[HH].[HH].[HH].[HH].[HH].[HH].[HH].[HH].[HH].[HH].[HH].[HH].[HH].[HH].[HH].[HH].[HH].[HH].[HH].[HH].[HH].[HH].[HH].[HH].[HH].[HH].[HH].[HH].[HH].[HH].[HH].[HH].[HH].[HH].[HH].[HH].[HH].[HH].[HH].[HH].[HH].[HH].[HH].[HH].[HH].[HH].[HH].[HH].[HH]. The van der Waals surface area contributed by atoms with Gasteiger partial charge in [-0.1, -0.05) is 0 Å². The number of rotatable bonds is 1. The summed E-state index contributed by atoms with van der Waals surface area (Å²) in [4.78, 5) is 5.08. The van der Waals surface area contributed by atoms with Gasteiger partial charge in [-0.15, -0.1) is 0 Å². The number of nitrogens with one attached hydrogen (secondary N) is 2. The molecule has 288 valence electrons. The molecule has 2 N–H and O–H groups in total. The van der Waals surface area contributed by atoms with Crippen molar-refractivity contribution in [3.8, 4) is 11.3 Å². The molecule has 4 aromatic rings. The van der Waals surface area contributed by atoms with E-state index in [2.05, 4.69) is 40.3 Å². The van der Waals surface area contributed by atoms with Crippen LogP contribution >= 0.6 is 13.5 Å². The molecule has 0 aliphatic heterocycles. The average Bonchev–Trinajstić information content (AvgIpc) is 3.23. The quantitative estimate of drug-likeness (QED) is 0.266. The zero-order valence-electron chi connectivity index (χ0n) is 14.4. The fourth-order valence-corrected chi connectivity index (χ4v) is 4.11. The van der Waals surface area contributed by atoms with E-state index >= 15 is 0 Å². The first-order valence-corrected chi connectivity index (χ1v) is 8.52. The highest BCUT2D eigenvalue weighted by Gasteiger charge is 2.22. The van der Waals surface area contributed by atoms with E-state index in [9.17, 15) is 0 Å². The second kappa shape index (κ2) is 5.88. The normalized spacial score (nSPS) is 13.8. The first kappa shape index (κ1) is 16.1. The number of aromatic amines is 2. The number of nitrogens with zero attached hydrogens (tertiary/aromatic N) is 3. The van der Waals surface area contributed by atoms with Crippen LogP contribution in [0.15, 0.2) is 18.5 Å². The van der Waals surface area contributed by atoms with Crippen LogP contribution in [0.25, 0.3) is 33.1 Å². The van der Waals surface area contributed by atoms with Crippen LogP contribution in [0, 0.1) is 13.8 Å². The highest BCUT2D eigenvalue weighted by Crippen LogP contribution is 2.38. The molecular formula is C19H181N5S. The van der Waals surface area contributed by atoms with Gasteiger partial charge in [-0.25, -0.2) is 4.98 Å². The van der Waals surface area contributed by atoms with Crippen LogP contribution in [-0.2, 0) is 12.8 Å². The van der Waals surface area contributed by atoms with Crippen molar-refractivity contribution in [2.24, 2.45) is 0 Å². The average molecular weight is 513 g/mol. The van der Waals surface area contributed by atoms with Gasteiger partial charge in [0.1, 0.15) is 0 Å². The Labute approximate surface area is 271 Å². The Hall–Kier alpha value is -2.34. The minimum Gasteiger partial charge on any atom is -0.282 e. The summed E-state index contributed by atoms with van der Waals surface area (Å²) in [5.74, 6) is 0. The van der Waals surface area contributed by atoms with Gasteiger partial charge in [-0.3, -0.25) is 10.2 Å². The summed E-state index contributed by atoms with van der Waals surface area (Å²) in [6.45, 7) is 4.18. The summed E-state index contributed by atoms with van der Waals surface area (Å²) >= 11 is 0. The van der Waals surface area contributed by atoms with Gasteiger partial charge in [-0.2, -0.15) is 23.7 Å². The first-order valence-electron chi connectivity index (χ1n) is 8.52. The molecule has 0 saturated carbocycles. The van der Waals surface area contributed by atoms with Crippen molar-refractivity contribution in [2.45, 2.75) is 39.5 Å². The van der Waals surface area contributed by atoms with Gasteiger partial charge in [-0.05, 0) is 62.3 Å². The smallest absolute Gasteiger partial charge is 0.0778 e. The molecule has 3 heterocycles. The highest BCUT2D eigenvalue weighted by atomic mass is 32.1. The molecule has 0 atom stereocenters. The molecule has 1 aliphatic rings. The maximum atomic E-state index is 5.08. The van der Waals surface area contributed by atoms with Crippen molar-refractivity contribution in [1.82, 2.24) is 25.4 Å². The zero-order valence-corrected chi connectivity index (χ0v) is 15.4. The molecular weight excluding hydrogens is 330 g/mol. The standard InChI is InChI=1S/C19H19N5.H2S.80H2/c1-10-7-16-17(15-9-21-24-18(10)15)12-5-3-4-6-13(12)19(22-16)14-8-20-23-11(14)2;;;;;;;;;;;;;;;;;;;;;;;;;;;;;;;;;;;;;;;;;;;;;;;;;;;;;;;;;;;;;;;;;;;;;;;;;;;;;;;;;/h7-9H,3-6H2,1-2H3,(H,20,23)(H,21,24);1H2;80*1H. The Morgan fingerprint density at radius 2 is 1.76 bits per heavy atom. The van der Waals surface area contributed by atoms with Crippen molar-refractivity contribution < 1.29 is 114 Å². The van der Waals surface area contributed by atoms with Crippen molar-refractivity contribution >= 4 is 35.3 Å². The van der Waals surface area contributed by atoms with Crippen LogP contribution in [0.5, 0.6) is 0 Å². The fraction of sp³-hybridized carbons (Fsp3) is 0.316. The van der Waals surface area contributed by atoms with Gasteiger partial charge in [0.25, 0.3) is 0 Å². The Morgan fingerprint density at radius 1 is 1.00 bits per heavy atom. The number of benzene rings is 1. The summed E-state index contributed by atoms with van der Waals surface area (Å²) in [6, 6.07) is 2.18. The third-order valence-corrected chi connectivity index (χ3v) is 5.29. The predicted octanol–water partition coefficient (Wildman–Crippen LogP) is 23.8. The summed E-state index contributed by atoms with van der Waals surface area (Å²) in [6.07, 6.45) is 8.52. The molecule has 1 aromatic carbocycles. The summed E-state index contributed by atoms with van der Waals surface area (Å²) in [7, 11) is 0. The van der Waals surface area contributed by atoms with Gasteiger partial charge < -0.3 is 0 Å². The number of fused-ring (bicyclic) bond motifs is 5. The molecule has 6 heteroatoms. The Morgan fingerprint density at radius 3 is 2.52 bits per heavy atom. The molecule has 5 nitrogen and oxygen atoms in total. The van der Waals surface area contributed by atoms with E-state index in [1.165, 1.54) is 40.3 Å². The number of aryl methyl sites for hydroxylation is 3. The van der Waals surface area contributed by atoms with E-state index in [1.54, 1.807) is 0 Å². The van der Waals surface area contributed by atoms with E-state index in [1.807, 2.05) is 12.4 Å². The molecule has 0 unspecified atom stereocenters. The van der Waals surface area contributed by atoms with Crippen LogP contribution in [0.4, 0.5) is 0 Å². The topological polar surface area (TPSA) is 70.2 Å². The van der Waals surface area contributed by atoms with Gasteiger partial charge in [0, 0.05) is 136 Å².